The molecule has 110 valence electrons. The number of carbonyl (C=O) groups is 1. The van der Waals surface area contributed by atoms with Crippen molar-refractivity contribution in [1.29, 1.82) is 0 Å². The number of rotatable bonds is 5. The summed E-state index contributed by atoms with van der Waals surface area (Å²) in [5.41, 5.74) is 0.834. The van der Waals surface area contributed by atoms with Gasteiger partial charge in [-0.15, -0.1) is 0 Å². The summed E-state index contributed by atoms with van der Waals surface area (Å²) in [7, 11) is 0. The highest BCUT2D eigenvalue weighted by Gasteiger charge is 2.27. The molecule has 1 aliphatic rings. The Balaban J connectivity index is 2.11. The van der Waals surface area contributed by atoms with Crippen molar-refractivity contribution >= 4 is 28.5 Å². The SMILES string of the molecule is CC(C)CCN(C(=O)c1ccc(I)cc1)C1CCCC1. The van der Waals surface area contributed by atoms with Crippen LogP contribution >= 0.6 is 22.6 Å². The first kappa shape index (κ1) is 15.8. The lowest BCUT2D eigenvalue weighted by Gasteiger charge is -2.30. The summed E-state index contributed by atoms with van der Waals surface area (Å²) >= 11 is 2.28. The van der Waals surface area contributed by atoms with Gasteiger partial charge in [-0.3, -0.25) is 4.79 Å². The van der Waals surface area contributed by atoms with Gasteiger partial charge in [0.15, 0.2) is 0 Å². The fourth-order valence-electron chi connectivity index (χ4n) is 2.82. The number of halogens is 1. The van der Waals surface area contributed by atoms with E-state index in [9.17, 15) is 4.79 Å². The van der Waals surface area contributed by atoms with E-state index in [-0.39, 0.29) is 5.91 Å². The molecule has 1 aromatic rings. The molecule has 1 fully saturated rings. The molecule has 0 atom stereocenters. The highest BCUT2D eigenvalue weighted by atomic mass is 127. The smallest absolute Gasteiger partial charge is 0.254 e. The van der Waals surface area contributed by atoms with Crippen LogP contribution < -0.4 is 0 Å². The molecule has 0 aromatic heterocycles. The van der Waals surface area contributed by atoms with E-state index in [1.54, 1.807) is 0 Å². The Hall–Kier alpha value is -0.580. The Morgan fingerprint density at radius 2 is 1.85 bits per heavy atom. The minimum Gasteiger partial charge on any atom is -0.336 e. The van der Waals surface area contributed by atoms with Crippen molar-refractivity contribution in [3.05, 3.63) is 33.4 Å². The molecule has 0 N–H and O–H groups in total. The van der Waals surface area contributed by atoms with E-state index in [0.717, 1.165) is 18.5 Å². The molecule has 2 rings (SSSR count). The normalized spacial score (nSPS) is 15.8. The van der Waals surface area contributed by atoms with Gasteiger partial charge in [0.1, 0.15) is 0 Å². The van der Waals surface area contributed by atoms with Gasteiger partial charge in [-0.2, -0.15) is 0 Å². The fraction of sp³-hybridized carbons (Fsp3) is 0.588. The zero-order valence-corrected chi connectivity index (χ0v) is 14.6. The molecule has 0 unspecified atom stereocenters. The van der Waals surface area contributed by atoms with Gasteiger partial charge in [0, 0.05) is 21.7 Å². The number of carbonyl (C=O) groups excluding carboxylic acids is 1. The summed E-state index contributed by atoms with van der Waals surface area (Å²) < 4.78 is 1.17. The Kier molecular flexibility index (Phi) is 5.87. The Labute approximate surface area is 136 Å². The van der Waals surface area contributed by atoms with Crippen LogP contribution in [0, 0.1) is 9.49 Å². The first-order chi connectivity index (χ1) is 9.58. The minimum absolute atomic E-state index is 0.217. The fourth-order valence-corrected chi connectivity index (χ4v) is 3.18. The molecule has 0 bridgehead atoms. The van der Waals surface area contributed by atoms with E-state index in [2.05, 4.69) is 41.3 Å². The van der Waals surface area contributed by atoms with Crippen molar-refractivity contribution in [1.82, 2.24) is 4.90 Å². The second-order valence-corrected chi connectivity index (χ2v) is 7.37. The molecule has 0 saturated heterocycles. The van der Waals surface area contributed by atoms with Gasteiger partial charge in [-0.25, -0.2) is 0 Å². The second kappa shape index (κ2) is 7.43. The monoisotopic (exact) mass is 385 g/mol. The third kappa shape index (κ3) is 4.21. The molecule has 0 spiro atoms. The largest absolute Gasteiger partial charge is 0.336 e. The molecular weight excluding hydrogens is 361 g/mol. The van der Waals surface area contributed by atoms with E-state index in [0.29, 0.717) is 12.0 Å². The van der Waals surface area contributed by atoms with E-state index < -0.39 is 0 Å². The van der Waals surface area contributed by atoms with Gasteiger partial charge in [0.05, 0.1) is 0 Å². The molecule has 3 heteroatoms. The third-order valence-electron chi connectivity index (χ3n) is 4.06. The lowest BCUT2D eigenvalue weighted by atomic mass is 10.1. The summed E-state index contributed by atoms with van der Waals surface area (Å²) in [4.78, 5) is 14.9. The summed E-state index contributed by atoms with van der Waals surface area (Å²) in [5.74, 6) is 0.859. The van der Waals surface area contributed by atoms with Crippen molar-refractivity contribution < 1.29 is 4.79 Å². The molecule has 1 amide bonds. The summed E-state index contributed by atoms with van der Waals surface area (Å²) in [5, 5.41) is 0. The van der Waals surface area contributed by atoms with Crippen molar-refractivity contribution in [3.63, 3.8) is 0 Å². The summed E-state index contributed by atoms with van der Waals surface area (Å²) in [6.07, 6.45) is 5.97. The predicted octanol–water partition coefficient (Wildman–Crippen LogP) is 4.72. The number of nitrogens with zero attached hydrogens (tertiary/aromatic N) is 1. The number of amides is 1. The molecule has 2 nitrogen and oxygen atoms in total. The molecule has 1 aromatic carbocycles. The maximum absolute atomic E-state index is 12.8. The van der Waals surface area contributed by atoms with Crippen molar-refractivity contribution in [2.24, 2.45) is 5.92 Å². The van der Waals surface area contributed by atoms with E-state index in [4.69, 9.17) is 0 Å². The summed E-state index contributed by atoms with van der Waals surface area (Å²) in [6, 6.07) is 8.41. The van der Waals surface area contributed by atoms with Gasteiger partial charge >= 0.3 is 0 Å². The lowest BCUT2D eigenvalue weighted by Crippen LogP contribution is -2.40. The van der Waals surface area contributed by atoms with Crippen LogP contribution in [-0.2, 0) is 0 Å². The number of hydrogen-bond donors (Lipinski definition) is 0. The van der Waals surface area contributed by atoms with Crippen LogP contribution in [0.2, 0.25) is 0 Å². The van der Waals surface area contributed by atoms with Gasteiger partial charge in [0.25, 0.3) is 5.91 Å². The highest BCUT2D eigenvalue weighted by Crippen LogP contribution is 2.25. The van der Waals surface area contributed by atoms with Crippen LogP contribution in [0.4, 0.5) is 0 Å². The maximum atomic E-state index is 12.8. The van der Waals surface area contributed by atoms with Crippen LogP contribution in [0.25, 0.3) is 0 Å². The second-order valence-electron chi connectivity index (χ2n) is 6.13. The number of hydrogen-bond acceptors (Lipinski definition) is 1. The molecule has 0 heterocycles. The van der Waals surface area contributed by atoms with Gasteiger partial charge in [0.2, 0.25) is 0 Å². The minimum atomic E-state index is 0.217. The first-order valence-electron chi connectivity index (χ1n) is 7.64. The van der Waals surface area contributed by atoms with Crippen molar-refractivity contribution in [2.75, 3.05) is 6.54 Å². The van der Waals surface area contributed by atoms with Gasteiger partial charge in [-0.05, 0) is 72.0 Å². The van der Waals surface area contributed by atoms with Crippen LogP contribution in [0.1, 0.15) is 56.3 Å². The zero-order chi connectivity index (χ0) is 14.5. The highest BCUT2D eigenvalue weighted by molar-refractivity contribution is 14.1. The van der Waals surface area contributed by atoms with Gasteiger partial charge < -0.3 is 4.90 Å². The Morgan fingerprint density at radius 3 is 2.40 bits per heavy atom. The topological polar surface area (TPSA) is 20.3 Å². The zero-order valence-electron chi connectivity index (χ0n) is 12.4. The molecule has 0 radical (unpaired) electrons. The van der Waals surface area contributed by atoms with Crippen LogP contribution in [0.15, 0.2) is 24.3 Å². The van der Waals surface area contributed by atoms with E-state index in [1.165, 1.54) is 29.3 Å². The standard InChI is InChI=1S/C17H24INO/c1-13(2)11-12-19(16-5-3-4-6-16)17(20)14-7-9-15(18)10-8-14/h7-10,13,16H,3-6,11-12H2,1-2H3. The summed E-state index contributed by atoms with van der Waals surface area (Å²) in [6.45, 7) is 5.34. The van der Waals surface area contributed by atoms with Crippen LogP contribution in [-0.4, -0.2) is 23.4 Å². The van der Waals surface area contributed by atoms with Crippen LogP contribution in [0.3, 0.4) is 0 Å². The average Bonchev–Trinajstić information content (AvgIpc) is 2.93. The molecule has 1 aliphatic carbocycles. The van der Waals surface area contributed by atoms with E-state index in [1.807, 2.05) is 24.3 Å². The molecular formula is C17H24INO. The molecule has 20 heavy (non-hydrogen) atoms. The van der Waals surface area contributed by atoms with E-state index >= 15 is 0 Å². The van der Waals surface area contributed by atoms with Crippen molar-refractivity contribution in [2.45, 2.75) is 52.0 Å². The Bertz CT molecular complexity index is 435. The number of benzene rings is 1. The maximum Gasteiger partial charge on any atom is 0.254 e. The Morgan fingerprint density at radius 1 is 1.25 bits per heavy atom. The average molecular weight is 385 g/mol. The lowest BCUT2D eigenvalue weighted by molar-refractivity contribution is 0.0672. The van der Waals surface area contributed by atoms with Crippen LogP contribution in [0.5, 0.6) is 0 Å². The quantitative estimate of drug-likeness (QED) is 0.672. The molecule has 0 aliphatic heterocycles. The first-order valence-corrected chi connectivity index (χ1v) is 8.72. The molecule has 1 saturated carbocycles. The predicted molar refractivity (Wildman–Crippen MR) is 91.9 cm³/mol. The third-order valence-corrected chi connectivity index (χ3v) is 4.78. The van der Waals surface area contributed by atoms with Crippen molar-refractivity contribution in [3.8, 4) is 0 Å². The van der Waals surface area contributed by atoms with Gasteiger partial charge in [-0.1, -0.05) is 26.7 Å².